The molecular formula is C79H79N4PtSi-3. The molecular weight excluding hydrogens is 1230 g/mol. The fraction of sp³-hybridized carbons (Fsp3) is 0.241. The Morgan fingerprint density at radius 2 is 0.929 bits per heavy atom. The molecule has 0 saturated heterocycles. The molecule has 0 atom stereocenters. The van der Waals surface area contributed by atoms with Crippen LogP contribution in [0, 0.1) is 18.8 Å². The maximum atomic E-state index is 5.28. The van der Waals surface area contributed by atoms with Crippen molar-refractivity contribution < 1.29 is 21.1 Å². The second-order valence-electron chi connectivity index (χ2n) is 27.9. The van der Waals surface area contributed by atoms with Crippen LogP contribution in [-0.4, -0.2) is 17.6 Å². The van der Waals surface area contributed by atoms with Crippen LogP contribution in [0.3, 0.4) is 0 Å². The van der Waals surface area contributed by atoms with Crippen LogP contribution >= 0.6 is 0 Å². The van der Waals surface area contributed by atoms with E-state index in [0.717, 1.165) is 55.6 Å². The second-order valence-corrected chi connectivity index (χ2v) is 31.7. The van der Waals surface area contributed by atoms with Gasteiger partial charge in [0.05, 0.1) is 0 Å². The van der Waals surface area contributed by atoms with Gasteiger partial charge in [0, 0.05) is 55.3 Å². The molecule has 0 unspecified atom stereocenters. The van der Waals surface area contributed by atoms with Gasteiger partial charge in [-0.1, -0.05) is 248 Å². The van der Waals surface area contributed by atoms with E-state index in [4.69, 9.17) is 4.98 Å². The molecule has 6 heteroatoms. The van der Waals surface area contributed by atoms with Gasteiger partial charge in [0.1, 0.15) is 13.9 Å². The summed E-state index contributed by atoms with van der Waals surface area (Å²) in [5.74, 6) is 0.859. The molecule has 3 heterocycles. The molecule has 0 saturated carbocycles. The molecule has 2 aromatic heterocycles. The maximum absolute atomic E-state index is 5.28. The summed E-state index contributed by atoms with van der Waals surface area (Å²) in [6.45, 7) is 34.7. The summed E-state index contributed by atoms with van der Waals surface area (Å²) in [7, 11) is -3.38. The fourth-order valence-electron chi connectivity index (χ4n) is 12.4. The van der Waals surface area contributed by atoms with Gasteiger partial charge in [-0.25, -0.2) is 4.98 Å². The van der Waals surface area contributed by atoms with Crippen molar-refractivity contribution in [3.63, 3.8) is 0 Å². The SMILES string of the molecule is CC(C)(C)c1ccc(-c2ccc3c(c2)c2ccc([Si](c4[c-]c(N5[CH-]N(c6cc(C(C)(C)C)cc(C(C)(C)C)c6)c6ccccc65)cc(C(C)(C)C)c4)(c4ccccc4)c4ccccc4)[c-]c2n3-c2cc(C(C)(C)c3ccccc3)ccn2)cc1.[Pt]. The smallest absolute Gasteiger partial charge is 0.135 e. The van der Waals surface area contributed by atoms with E-state index in [-0.39, 0.29) is 48.1 Å². The molecule has 4 nitrogen and oxygen atoms in total. The molecule has 432 valence electrons. The Labute approximate surface area is 521 Å². The summed E-state index contributed by atoms with van der Waals surface area (Å²) >= 11 is 0. The molecule has 1 aliphatic heterocycles. The minimum Gasteiger partial charge on any atom is -0.493 e. The minimum absolute atomic E-state index is 0. The number of nitrogens with zero attached hydrogens (tertiary/aromatic N) is 4. The van der Waals surface area contributed by atoms with E-state index in [1.54, 1.807) is 0 Å². The van der Waals surface area contributed by atoms with Gasteiger partial charge in [-0.05, 0) is 119 Å². The van der Waals surface area contributed by atoms with Crippen LogP contribution in [0.1, 0.15) is 130 Å². The quantitative estimate of drug-likeness (QED) is 0.0775. The number of pyridine rings is 1. The molecule has 0 amide bonds. The monoisotopic (exact) mass is 1310 g/mol. The Kier molecular flexibility index (Phi) is 15.4. The number of hydrogen-bond acceptors (Lipinski definition) is 3. The third-order valence-electron chi connectivity index (χ3n) is 17.7. The average Bonchev–Trinajstić information content (AvgIpc) is 1.84. The van der Waals surface area contributed by atoms with Gasteiger partial charge in [0.15, 0.2) is 0 Å². The van der Waals surface area contributed by atoms with Gasteiger partial charge in [-0.2, -0.15) is 46.3 Å². The Morgan fingerprint density at radius 3 is 1.51 bits per heavy atom. The molecule has 9 aromatic carbocycles. The van der Waals surface area contributed by atoms with Gasteiger partial charge in [-0.3, -0.25) is 0 Å². The first-order valence-corrected chi connectivity index (χ1v) is 31.9. The van der Waals surface area contributed by atoms with Crippen molar-refractivity contribution in [3.05, 3.63) is 271 Å². The van der Waals surface area contributed by atoms with Gasteiger partial charge >= 0.3 is 0 Å². The number of aromatic nitrogens is 2. The molecule has 11 aromatic rings. The second kappa shape index (κ2) is 22.1. The van der Waals surface area contributed by atoms with E-state index >= 15 is 0 Å². The molecule has 0 N–H and O–H groups in total. The Hall–Kier alpha value is -7.56. The van der Waals surface area contributed by atoms with Crippen molar-refractivity contribution in [2.45, 2.75) is 124 Å². The average molecular weight is 1310 g/mol. The van der Waals surface area contributed by atoms with Crippen molar-refractivity contribution in [3.8, 4) is 16.9 Å². The Balaban J connectivity index is 0.00000752. The number of benzene rings is 9. The van der Waals surface area contributed by atoms with Crippen LogP contribution in [-0.2, 0) is 48.1 Å². The summed E-state index contributed by atoms with van der Waals surface area (Å²) in [4.78, 5) is 10.1. The number of hydrogen-bond donors (Lipinski definition) is 0. The molecule has 0 bridgehead atoms. The van der Waals surface area contributed by atoms with Crippen molar-refractivity contribution in [2.75, 3.05) is 9.80 Å². The molecule has 0 spiro atoms. The van der Waals surface area contributed by atoms with E-state index in [9.17, 15) is 0 Å². The largest absolute Gasteiger partial charge is 0.493 e. The fourth-order valence-corrected chi connectivity index (χ4v) is 17.0. The molecule has 0 aliphatic carbocycles. The first-order valence-electron chi connectivity index (χ1n) is 29.9. The van der Waals surface area contributed by atoms with Gasteiger partial charge < -0.3 is 14.4 Å². The van der Waals surface area contributed by atoms with Crippen LogP contribution in [0.25, 0.3) is 38.8 Å². The van der Waals surface area contributed by atoms with Crippen molar-refractivity contribution >= 4 is 73.4 Å². The normalized spacial score (nSPS) is 13.3. The van der Waals surface area contributed by atoms with E-state index in [0.29, 0.717) is 0 Å². The van der Waals surface area contributed by atoms with Crippen LogP contribution < -0.4 is 30.5 Å². The number of para-hydroxylation sites is 2. The third-order valence-corrected chi connectivity index (χ3v) is 22.3. The zero-order valence-electron chi connectivity index (χ0n) is 52.0. The minimum atomic E-state index is -3.38. The van der Waals surface area contributed by atoms with Crippen LogP contribution in [0.15, 0.2) is 219 Å². The maximum Gasteiger partial charge on any atom is 0.135 e. The first kappa shape index (κ1) is 59.2. The first-order chi connectivity index (χ1) is 39.9. The van der Waals surface area contributed by atoms with E-state index < -0.39 is 8.07 Å². The van der Waals surface area contributed by atoms with Gasteiger partial charge in [-0.15, -0.1) is 23.8 Å². The molecule has 85 heavy (non-hydrogen) atoms. The van der Waals surface area contributed by atoms with Crippen LogP contribution in [0.2, 0.25) is 0 Å². The van der Waals surface area contributed by atoms with Crippen LogP contribution in [0.5, 0.6) is 0 Å². The van der Waals surface area contributed by atoms with E-state index in [2.05, 4.69) is 342 Å². The zero-order valence-corrected chi connectivity index (χ0v) is 55.2. The van der Waals surface area contributed by atoms with Gasteiger partial charge in [0.25, 0.3) is 0 Å². The predicted octanol–water partition coefficient (Wildman–Crippen LogP) is 17.7. The summed E-state index contributed by atoms with van der Waals surface area (Å²) < 4.78 is 2.38. The standard InChI is InChI=1S/C79H79N4Si.Pt/c1-75(2,3)56-37-34-54(35-38-56)55-36-41-70-69(44-55)68-40-39-66(52-73(68)83(70)74-50-58(42-43-80-74)79(13,14)57-26-18-15-19-27-57)84(64-28-20-16-21-29-64,65-30-22-17-23-31-65)67-49-61(78(10,11)12)48-63(51-67)82-53-81(71-32-24-25-33-72(71)82)62-46-59(76(4,5)6)45-60(47-62)77(7,8)9;/h15-50,53H,1-14H3;/q-3;. The van der Waals surface area contributed by atoms with Crippen LogP contribution in [0.4, 0.5) is 22.7 Å². The number of rotatable bonds is 10. The van der Waals surface area contributed by atoms with Gasteiger partial charge in [0.2, 0.25) is 0 Å². The summed E-state index contributed by atoms with van der Waals surface area (Å²) in [6, 6.07) is 88.3. The van der Waals surface area contributed by atoms with Crippen molar-refractivity contribution in [2.24, 2.45) is 0 Å². The predicted molar refractivity (Wildman–Crippen MR) is 360 cm³/mol. The summed E-state index contributed by atoms with van der Waals surface area (Å²) in [5, 5.41) is 7.11. The molecule has 0 fully saturated rings. The number of anilines is 4. The van der Waals surface area contributed by atoms with E-state index in [1.807, 2.05) is 6.20 Å². The zero-order chi connectivity index (χ0) is 59.1. The molecule has 12 rings (SSSR count). The Morgan fingerprint density at radius 1 is 0.400 bits per heavy atom. The van der Waals surface area contributed by atoms with E-state index in [1.165, 1.54) is 60.1 Å². The van der Waals surface area contributed by atoms with Crippen molar-refractivity contribution in [1.82, 2.24) is 9.55 Å². The third kappa shape index (κ3) is 10.9. The van der Waals surface area contributed by atoms with Crippen molar-refractivity contribution in [1.29, 1.82) is 0 Å². The summed E-state index contributed by atoms with van der Waals surface area (Å²) in [5.41, 5.74) is 15.9. The number of fused-ring (bicyclic) bond motifs is 4. The molecule has 1 aliphatic rings. The molecule has 0 radical (unpaired) electrons. The Bertz CT molecular complexity index is 4160. The topological polar surface area (TPSA) is 24.3 Å². The summed E-state index contributed by atoms with van der Waals surface area (Å²) in [6.07, 6.45) is 1.99.